The van der Waals surface area contributed by atoms with Crippen LogP contribution in [0.4, 0.5) is 4.39 Å². The molecule has 4 heteroatoms. The molecule has 2 N–H and O–H groups in total. The first kappa shape index (κ1) is 12.8. The molecule has 1 aliphatic heterocycles. The number of hydrogen-bond acceptors (Lipinski definition) is 2. The van der Waals surface area contributed by atoms with Crippen molar-refractivity contribution in [2.75, 3.05) is 13.1 Å². The van der Waals surface area contributed by atoms with E-state index in [0.29, 0.717) is 29.8 Å². The fourth-order valence-electron chi connectivity index (χ4n) is 2.32. The summed E-state index contributed by atoms with van der Waals surface area (Å²) in [4.78, 5) is 0. The molecular weight excluding hydrogens is 241 g/mol. The summed E-state index contributed by atoms with van der Waals surface area (Å²) in [5.41, 5.74) is -0.309. The molecule has 2 nitrogen and oxygen atoms in total. The zero-order chi connectivity index (χ0) is 12.3. The second-order valence-electron chi connectivity index (χ2n) is 4.74. The van der Waals surface area contributed by atoms with E-state index in [1.807, 2.05) is 0 Å². The molecule has 1 heterocycles. The lowest BCUT2D eigenvalue weighted by molar-refractivity contribution is 0.0277. The van der Waals surface area contributed by atoms with Crippen molar-refractivity contribution in [2.45, 2.75) is 31.3 Å². The summed E-state index contributed by atoms with van der Waals surface area (Å²) in [5.74, 6) is -0.292. The summed E-state index contributed by atoms with van der Waals surface area (Å²) in [6, 6.07) is 4.49. The van der Waals surface area contributed by atoms with E-state index in [-0.39, 0.29) is 5.82 Å². The first-order valence-corrected chi connectivity index (χ1v) is 6.34. The SMILES string of the molecule is OC1(Cc2cc(Cl)ccc2F)CCCNCC1. The standard InChI is InChI=1S/C13H17ClFNO/c14-11-2-3-12(15)10(8-11)9-13(17)4-1-6-16-7-5-13/h2-3,8,16-17H,1,4-7,9H2. The third-order valence-electron chi connectivity index (χ3n) is 3.29. The normalized spacial score (nSPS) is 25.6. The number of aliphatic hydroxyl groups is 1. The molecule has 1 aromatic carbocycles. The van der Waals surface area contributed by atoms with Crippen LogP contribution < -0.4 is 5.32 Å². The highest BCUT2D eigenvalue weighted by Gasteiger charge is 2.29. The van der Waals surface area contributed by atoms with Gasteiger partial charge in [0.05, 0.1) is 5.60 Å². The van der Waals surface area contributed by atoms with E-state index in [1.54, 1.807) is 6.07 Å². The highest BCUT2D eigenvalue weighted by Crippen LogP contribution is 2.26. The van der Waals surface area contributed by atoms with E-state index < -0.39 is 5.60 Å². The number of benzene rings is 1. The minimum absolute atomic E-state index is 0.292. The molecule has 0 bridgehead atoms. The summed E-state index contributed by atoms with van der Waals surface area (Å²) < 4.78 is 13.6. The van der Waals surface area contributed by atoms with E-state index in [9.17, 15) is 9.50 Å². The highest BCUT2D eigenvalue weighted by atomic mass is 35.5. The molecule has 1 saturated heterocycles. The van der Waals surface area contributed by atoms with E-state index in [2.05, 4.69) is 5.32 Å². The van der Waals surface area contributed by atoms with E-state index in [1.165, 1.54) is 12.1 Å². The Morgan fingerprint density at radius 1 is 1.35 bits per heavy atom. The van der Waals surface area contributed by atoms with Crippen LogP contribution in [0.15, 0.2) is 18.2 Å². The van der Waals surface area contributed by atoms with Gasteiger partial charge in [0.15, 0.2) is 0 Å². The summed E-state index contributed by atoms with van der Waals surface area (Å²) in [6.45, 7) is 1.69. The third-order valence-corrected chi connectivity index (χ3v) is 3.53. The van der Waals surface area contributed by atoms with Crippen LogP contribution in [-0.4, -0.2) is 23.8 Å². The van der Waals surface area contributed by atoms with Gasteiger partial charge in [0.2, 0.25) is 0 Å². The van der Waals surface area contributed by atoms with Crippen molar-refractivity contribution in [1.82, 2.24) is 5.32 Å². The van der Waals surface area contributed by atoms with Crippen LogP contribution in [0.25, 0.3) is 0 Å². The molecule has 0 spiro atoms. The van der Waals surface area contributed by atoms with Crippen molar-refractivity contribution < 1.29 is 9.50 Å². The van der Waals surface area contributed by atoms with Crippen molar-refractivity contribution in [3.8, 4) is 0 Å². The van der Waals surface area contributed by atoms with Gasteiger partial charge in [-0.1, -0.05) is 11.6 Å². The molecule has 0 aliphatic carbocycles. The fourth-order valence-corrected chi connectivity index (χ4v) is 2.52. The molecule has 1 aliphatic rings. The zero-order valence-corrected chi connectivity index (χ0v) is 10.4. The molecule has 0 saturated carbocycles. The maximum Gasteiger partial charge on any atom is 0.126 e. The largest absolute Gasteiger partial charge is 0.389 e. The Bertz CT molecular complexity index is 389. The van der Waals surface area contributed by atoms with E-state index in [0.717, 1.165) is 19.5 Å². The van der Waals surface area contributed by atoms with Gasteiger partial charge >= 0.3 is 0 Å². The number of nitrogens with one attached hydrogen (secondary N) is 1. The Kier molecular flexibility index (Phi) is 4.02. The maximum absolute atomic E-state index is 13.6. The lowest BCUT2D eigenvalue weighted by atomic mass is 9.87. The molecule has 1 fully saturated rings. The maximum atomic E-state index is 13.6. The van der Waals surface area contributed by atoms with Crippen LogP contribution in [-0.2, 0) is 6.42 Å². The lowest BCUT2D eigenvalue weighted by Gasteiger charge is -2.26. The van der Waals surface area contributed by atoms with Gasteiger partial charge in [-0.05, 0) is 56.1 Å². The van der Waals surface area contributed by atoms with E-state index in [4.69, 9.17) is 11.6 Å². The Balaban J connectivity index is 2.15. The molecule has 1 atom stereocenters. The van der Waals surface area contributed by atoms with Gasteiger partial charge in [0, 0.05) is 11.4 Å². The first-order valence-electron chi connectivity index (χ1n) is 5.96. The monoisotopic (exact) mass is 257 g/mol. The van der Waals surface area contributed by atoms with Gasteiger partial charge in [-0.25, -0.2) is 4.39 Å². The molecule has 0 amide bonds. The Morgan fingerprint density at radius 3 is 3.00 bits per heavy atom. The average molecular weight is 258 g/mol. The minimum atomic E-state index is -0.810. The number of halogens is 2. The lowest BCUT2D eigenvalue weighted by Crippen LogP contribution is -2.32. The van der Waals surface area contributed by atoms with Crippen LogP contribution in [0.2, 0.25) is 5.02 Å². The van der Waals surface area contributed by atoms with Crippen LogP contribution in [0.1, 0.15) is 24.8 Å². The van der Waals surface area contributed by atoms with Crippen LogP contribution in [0.5, 0.6) is 0 Å². The van der Waals surface area contributed by atoms with Crippen LogP contribution >= 0.6 is 11.6 Å². The van der Waals surface area contributed by atoms with Gasteiger partial charge in [-0.15, -0.1) is 0 Å². The smallest absolute Gasteiger partial charge is 0.126 e. The topological polar surface area (TPSA) is 32.3 Å². The molecular formula is C13H17ClFNO. The summed E-state index contributed by atoms with van der Waals surface area (Å²) in [6.07, 6.45) is 2.60. The van der Waals surface area contributed by atoms with Crippen molar-refractivity contribution in [3.63, 3.8) is 0 Å². The van der Waals surface area contributed by atoms with Crippen molar-refractivity contribution >= 4 is 11.6 Å². The van der Waals surface area contributed by atoms with Gasteiger partial charge in [-0.2, -0.15) is 0 Å². The minimum Gasteiger partial charge on any atom is -0.389 e. The molecule has 17 heavy (non-hydrogen) atoms. The number of hydrogen-bond donors (Lipinski definition) is 2. The Labute approximate surface area is 106 Å². The molecule has 2 rings (SSSR count). The van der Waals surface area contributed by atoms with Crippen LogP contribution in [0.3, 0.4) is 0 Å². The summed E-state index contributed by atoms with van der Waals surface area (Å²) in [7, 11) is 0. The predicted octanol–water partition coefficient (Wildman–Crippen LogP) is 2.53. The second kappa shape index (κ2) is 5.34. The highest BCUT2D eigenvalue weighted by molar-refractivity contribution is 6.30. The summed E-state index contributed by atoms with van der Waals surface area (Å²) >= 11 is 5.85. The number of rotatable bonds is 2. The van der Waals surface area contributed by atoms with Crippen LogP contribution in [0, 0.1) is 5.82 Å². The van der Waals surface area contributed by atoms with Crippen molar-refractivity contribution in [3.05, 3.63) is 34.6 Å². The van der Waals surface area contributed by atoms with Crippen molar-refractivity contribution in [2.24, 2.45) is 0 Å². The molecule has 1 aromatic rings. The van der Waals surface area contributed by atoms with Gasteiger partial charge in [-0.3, -0.25) is 0 Å². The predicted molar refractivity (Wildman–Crippen MR) is 66.8 cm³/mol. The molecule has 0 aromatic heterocycles. The summed E-state index contributed by atoms with van der Waals surface area (Å²) in [5, 5.41) is 14.2. The zero-order valence-electron chi connectivity index (χ0n) is 9.68. The molecule has 94 valence electrons. The quantitative estimate of drug-likeness (QED) is 0.853. The molecule has 1 unspecified atom stereocenters. The first-order chi connectivity index (χ1) is 8.09. The Morgan fingerprint density at radius 2 is 2.18 bits per heavy atom. The fraction of sp³-hybridized carbons (Fsp3) is 0.538. The average Bonchev–Trinajstić information content (AvgIpc) is 2.49. The Hall–Kier alpha value is -0.640. The van der Waals surface area contributed by atoms with Gasteiger partial charge < -0.3 is 10.4 Å². The molecule has 0 radical (unpaired) electrons. The van der Waals surface area contributed by atoms with E-state index >= 15 is 0 Å². The van der Waals surface area contributed by atoms with Gasteiger partial charge in [0.1, 0.15) is 5.82 Å². The van der Waals surface area contributed by atoms with Gasteiger partial charge in [0.25, 0.3) is 0 Å². The third kappa shape index (κ3) is 3.41. The second-order valence-corrected chi connectivity index (χ2v) is 5.18. The van der Waals surface area contributed by atoms with Crippen molar-refractivity contribution in [1.29, 1.82) is 0 Å².